The molecule has 2 amide bonds. The van der Waals surface area contributed by atoms with Crippen LogP contribution in [0.1, 0.15) is 55.7 Å². The predicted octanol–water partition coefficient (Wildman–Crippen LogP) is 4.26. The van der Waals surface area contributed by atoms with Crippen LogP contribution in [0.5, 0.6) is 0 Å². The lowest BCUT2D eigenvalue weighted by Crippen LogP contribution is -2.53. The lowest BCUT2D eigenvalue weighted by Gasteiger charge is -2.40. The first kappa shape index (κ1) is 19.2. The molecule has 1 aromatic heterocycles. The average Bonchev–Trinajstić information content (AvgIpc) is 3.41. The summed E-state index contributed by atoms with van der Waals surface area (Å²) in [5.74, 6) is 0.279. The highest BCUT2D eigenvalue weighted by molar-refractivity contribution is 7.10. The number of carbonyl (C=O) groups is 2. The van der Waals surface area contributed by atoms with Gasteiger partial charge in [-0.05, 0) is 62.6 Å². The van der Waals surface area contributed by atoms with Gasteiger partial charge in [-0.25, -0.2) is 0 Å². The quantitative estimate of drug-likeness (QED) is 0.775. The van der Waals surface area contributed by atoms with Crippen molar-refractivity contribution < 1.29 is 9.59 Å². The van der Waals surface area contributed by atoms with Gasteiger partial charge in [0.1, 0.15) is 6.54 Å². The third kappa shape index (κ3) is 3.72. The lowest BCUT2D eigenvalue weighted by atomic mass is 9.93. The average molecular weight is 397 g/mol. The minimum Gasteiger partial charge on any atom is -0.330 e. The van der Waals surface area contributed by atoms with Crippen LogP contribution in [-0.4, -0.2) is 40.2 Å². The first-order valence-corrected chi connectivity index (χ1v) is 11.0. The maximum Gasteiger partial charge on any atom is 0.243 e. The number of thiophene rings is 1. The van der Waals surface area contributed by atoms with Crippen LogP contribution in [0.25, 0.3) is 0 Å². The number of hydrogen-bond acceptors (Lipinski definition) is 3. The van der Waals surface area contributed by atoms with Crippen molar-refractivity contribution in [3.63, 3.8) is 0 Å². The fourth-order valence-electron chi connectivity index (χ4n) is 4.00. The Morgan fingerprint density at radius 2 is 1.86 bits per heavy atom. The van der Waals surface area contributed by atoms with Gasteiger partial charge in [-0.3, -0.25) is 9.59 Å². The molecular formula is C23H28N2O2S. The monoisotopic (exact) mass is 396 g/mol. The number of carbonyl (C=O) groups excluding carboxylic acids is 2. The van der Waals surface area contributed by atoms with Crippen molar-refractivity contribution in [3.05, 3.63) is 57.8 Å². The van der Waals surface area contributed by atoms with E-state index in [0.717, 1.165) is 24.8 Å². The van der Waals surface area contributed by atoms with Gasteiger partial charge in [-0.1, -0.05) is 30.3 Å². The molecule has 0 spiro atoms. The van der Waals surface area contributed by atoms with Gasteiger partial charge in [0, 0.05) is 22.9 Å². The number of benzene rings is 1. The normalized spacial score (nSPS) is 19.2. The fourth-order valence-corrected chi connectivity index (χ4v) is 4.91. The predicted molar refractivity (Wildman–Crippen MR) is 112 cm³/mol. The van der Waals surface area contributed by atoms with Crippen LogP contribution in [0.4, 0.5) is 0 Å². The summed E-state index contributed by atoms with van der Waals surface area (Å²) >= 11 is 1.77. The molecular weight excluding hydrogens is 368 g/mol. The van der Waals surface area contributed by atoms with E-state index < -0.39 is 0 Å². The summed E-state index contributed by atoms with van der Waals surface area (Å²) in [5, 5.41) is 2.12. The Bertz CT molecular complexity index is 864. The van der Waals surface area contributed by atoms with E-state index in [-0.39, 0.29) is 35.9 Å². The van der Waals surface area contributed by atoms with Crippen LogP contribution in [0.3, 0.4) is 0 Å². The summed E-state index contributed by atoms with van der Waals surface area (Å²) in [6.45, 7) is 6.90. The minimum atomic E-state index is -0.360. The van der Waals surface area contributed by atoms with Crippen molar-refractivity contribution in [2.24, 2.45) is 5.92 Å². The molecule has 4 nitrogen and oxygen atoms in total. The van der Waals surface area contributed by atoms with Crippen molar-refractivity contribution in [1.29, 1.82) is 0 Å². The molecule has 2 heterocycles. The van der Waals surface area contributed by atoms with E-state index in [1.54, 1.807) is 16.2 Å². The number of nitrogens with zero attached hydrogens (tertiary/aromatic N) is 2. The van der Waals surface area contributed by atoms with Gasteiger partial charge in [0.15, 0.2) is 0 Å². The third-order valence-corrected chi connectivity index (χ3v) is 6.69. The smallest absolute Gasteiger partial charge is 0.243 e. The van der Waals surface area contributed by atoms with Crippen LogP contribution >= 0.6 is 11.3 Å². The second-order valence-electron chi connectivity index (χ2n) is 8.82. The first-order chi connectivity index (χ1) is 13.4. The summed E-state index contributed by atoms with van der Waals surface area (Å²) in [6, 6.07) is 12.3. The van der Waals surface area contributed by atoms with Gasteiger partial charge < -0.3 is 9.80 Å². The van der Waals surface area contributed by atoms with E-state index in [0.29, 0.717) is 6.54 Å². The Balaban J connectivity index is 1.62. The SMILES string of the molecule is CC(C)(C)N(CC(=O)N1CCc2sccc2C1c1ccccc1)C(=O)C1CC1. The molecule has 1 aliphatic carbocycles. The van der Waals surface area contributed by atoms with Crippen LogP contribution in [0, 0.1) is 5.92 Å². The molecule has 28 heavy (non-hydrogen) atoms. The molecule has 0 saturated heterocycles. The van der Waals surface area contributed by atoms with Crippen LogP contribution < -0.4 is 0 Å². The molecule has 5 heteroatoms. The zero-order valence-corrected chi connectivity index (χ0v) is 17.7. The molecule has 0 N–H and O–H groups in total. The number of rotatable bonds is 4. The van der Waals surface area contributed by atoms with Crippen molar-refractivity contribution in [1.82, 2.24) is 9.80 Å². The van der Waals surface area contributed by atoms with Crippen molar-refractivity contribution >= 4 is 23.2 Å². The molecule has 148 valence electrons. The van der Waals surface area contributed by atoms with E-state index in [1.807, 2.05) is 43.9 Å². The highest BCUT2D eigenvalue weighted by atomic mass is 32.1. The minimum absolute atomic E-state index is 0.0367. The standard InChI is InChI=1S/C23H28N2O2S/c1-23(2,3)25(22(27)17-9-10-17)15-20(26)24-13-11-19-18(12-14-28-19)21(24)16-7-5-4-6-8-16/h4-8,12,14,17,21H,9-11,13,15H2,1-3H3. The number of fused-ring (bicyclic) bond motifs is 1. The highest BCUT2D eigenvalue weighted by Crippen LogP contribution is 2.38. The van der Waals surface area contributed by atoms with Crippen molar-refractivity contribution in [2.45, 2.75) is 51.6 Å². The molecule has 1 atom stereocenters. The lowest BCUT2D eigenvalue weighted by molar-refractivity contribution is -0.146. The Morgan fingerprint density at radius 1 is 1.14 bits per heavy atom. The van der Waals surface area contributed by atoms with Crippen LogP contribution in [-0.2, 0) is 16.0 Å². The zero-order valence-electron chi connectivity index (χ0n) is 16.9. The molecule has 2 aliphatic rings. The molecule has 2 aromatic rings. The molecule has 1 fully saturated rings. The third-order valence-electron chi connectivity index (χ3n) is 5.70. The molecule has 1 aromatic carbocycles. The summed E-state index contributed by atoms with van der Waals surface area (Å²) in [6.07, 6.45) is 2.79. The second-order valence-corrected chi connectivity index (χ2v) is 9.82. The van der Waals surface area contributed by atoms with Crippen molar-refractivity contribution in [2.75, 3.05) is 13.1 Å². The summed E-state index contributed by atoms with van der Waals surface area (Å²) in [4.78, 5) is 31.4. The highest BCUT2D eigenvalue weighted by Gasteiger charge is 2.40. The zero-order chi connectivity index (χ0) is 19.9. The van der Waals surface area contributed by atoms with Gasteiger partial charge in [-0.2, -0.15) is 0 Å². The van der Waals surface area contributed by atoms with Crippen LogP contribution in [0.2, 0.25) is 0 Å². The summed E-state index contributed by atoms with van der Waals surface area (Å²) in [7, 11) is 0. The van der Waals surface area contributed by atoms with E-state index in [2.05, 4.69) is 23.6 Å². The Labute approximate surface area is 171 Å². The van der Waals surface area contributed by atoms with Gasteiger partial charge in [0.25, 0.3) is 0 Å². The molecule has 1 unspecified atom stereocenters. The van der Waals surface area contributed by atoms with E-state index in [4.69, 9.17) is 0 Å². The molecule has 0 radical (unpaired) electrons. The molecule has 1 saturated carbocycles. The topological polar surface area (TPSA) is 40.6 Å². The van der Waals surface area contributed by atoms with E-state index >= 15 is 0 Å². The first-order valence-electron chi connectivity index (χ1n) is 10.1. The summed E-state index contributed by atoms with van der Waals surface area (Å²) < 4.78 is 0. The molecule has 4 rings (SSSR count). The maximum absolute atomic E-state index is 13.5. The van der Waals surface area contributed by atoms with Crippen molar-refractivity contribution in [3.8, 4) is 0 Å². The second kappa shape index (κ2) is 7.36. The summed E-state index contributed by atoms with van der Waals surface area (Å²) in [5.41, 5.74) is 2.00. The van der Waals surface area contributed by atoms with Gasteiger partial charge in [0.2, 0.25) is 11.8 Å². The largest absolute Gasteiger partial charge is 0.330 e. The van der Waals surface area contributed by atoms with Crippen LogP contribution in [0.15, 0.2) is 41.8 Å². The maximum atomic E-state index is 13.5. The van der Waals surface area contributed by atoms with Gasteiger partial charge >= 0.3 is 0 Å². The van der Waals surface area contributed by atoms with E-state index in [9.17, 15) is 9.59 Å². The fraction of sp³-hybridized carbons (Fsp3) is 0.478. The Morgan fingerprint density at radius 3 is 2.50 bits per heavy atom. The van der Waals surface area contributed by atoms with E-state index in [1.165, 1.54) is 10.4 Å². The van der Waals surface area contributed by atoms with Gasteiger partial charge in [0.05, 0.1) is 6.04 Å². The molecule has 1 aliphatic heterocycles. The molecule has 0 bridgehead atoms. The Hall–Kier alpha value is -2.14. The van der Waals surface area contributed by atoms with Gasteiger partial charge in [-0.15, -0.1) is 11.3 Å². The number of amides is 2. The Kier molecular flexibility index (Phi) is 5.04. The number of hydrogen-bond donors (Lipinski definition) is 0.